The maximum atomic E-state index is 13.5. The lowest BCUT2D eigenvalue weighted by Gasteiger charge is -2.42. The number of likely N-dealkylation sites (tertiary alicyclic amines) is 1. The lowest BCUT2D eigenvalue weighted by Crippen LogP contribution is -2.47. The van der Waals surface area contributed by atoms with Crippen LogP contribution in [-0.2, 0) is 6.42 Å². The van der Waals surface area contributed by atoms with Crippen LogP contribution in [0.2, 0.25) is 0 Å². The maximum absolute atomic E-state index is 13.5. The van der Waals surface area contributed by atoms with Crippen LogP contribution in [0.15, 0.2) is 72.8 Å². The molecular weight excluding hydrogens is 450 g/mol. The van der Waals surface area contributed by atoms with Gasteiger partial charge in [0, 0.05) is 37.3 Å². The number of piperidine rings is 1. The van der Waals surface area contributed by atoms with E-state index in [1.165, 1.54) is 67.7 Å². The van der Waals surface area contributed by atoms with Gasteiger partial charge < -0.3 is 9.80 Å². The van der Waals surface area contributed by atoms with Gasteiger partial charge in [0.2, 0.25) is 0 Å². The van der Waals surface area contributed by atoms with Gasteiger partial charge in [0.25, 0.3) is 0 Å². The molecule has 3 aromatic rings. The van der Waals surface area contributed by atoms with E-state index in [1.54, 1.807) is 0 Å². The average molecular weight is 491 g/mol. The molecule has 0 N–H and O–H groups in total. The van der Waals surface area contributed by atoms with Crippen molar-refractivity contribution in [3.05, 3.63) is 101 Å². The minimum atomic E-state index is -0.221. The highest BCUT2D eigenvalue weighted by atomic mass is 19.1. The van der Waals surface area contributed by atoms with Gasteiger partial charge in [-0.15, -0.1) is 0 Å². The molecular formula is C32H40F2N2. The second-order valence-electron chi connectivity index (χ2n) is 9.80. The van der Waals surface area contributed by atoms with Crippen molar-refractivity contribution in [2.75, 3.05) is 31.1 Å². The second-order valence-corrected chi connectivity index (χ2v) is 9.80. The van der Waals surface area contributed by atoms with Crippen LogP contribution in [0.3, 0.4) is 0 Å². The number of fused-ring (bicyclic) bond motifs is 1. The van der Waals surface area contributed by atoms with Crippen LogP contribution in [0.4, 0.5) is 14.5 Å². The number of anilines is 1. The van der Waals surface area contributed by atoms with Gasteiger partial charge in [0.05, 0.1) is 0 Å². The molecule has 1 fully saturated rings. The number of rotatable bonds is 7. The Balaban J connectivity index is 0.00000148. The summed E-state index contributed by atoms with van der Waals surface area (Å²) < 4.78 is 27.0. The fraction of sp³-hybridized carbons (Fsp3) is 0.438. The average Bonchev–Trinajstić information content (AvgIpc) is 2.94. The van der Waals surface area contributed by atoms with Gasteiger partial charge in [-0.05, 0) is 92.1 Å². The van der Waals surface area contributed by atoms with Crippen molar-refractivity contribution in [1.82, 2.24) is 4.90 Å². The molecule has 0 radical (unpaired) electrons. The van der Waals surface area contributed by atoms with Crippen molar-refractivity contribution in [2.24, 2.45) is 0 Å². The third-order valence-corrected chi connectivity index (χ3v) is 7.66. The molecule has 192 valence electrons. The van der Waals surface area contributed by atoms with Crippen molar-refractivity contribution in [3.8, 4) is 0 Å². The van der Waals surface area contributed by atoms with Crippen LogP contribution in [0, 0.1) is 11.6 Å². The summed E-state index contributed by atoms with van der Waals surface area (Å²) in [5.74, 6) is -0.287. The molecule has 2 aliphatic heterocycles. The maximum Gasteiger partial charge on any atom is 0.123 e. The zero-order valence-electron chi connectivity index (χ0n) is 21.8. The van der Waals surface area contributed by atoms with E-state index < -0.39 is 0 Å². The van der Waals surface area contributed by atoms with E-state index >= 15 is 0 Å². The quantitative estimate of drug-likeness (QED) is 0.333. The second kappa shape index (κ2) is 13.0. The highest BCUT2D eigenvalue weighted by Crippen LogP contribution is 2.33. The molecule has 36 heavy (non-hydrogen) atoms. The predicted octanol–water partition coefficient (Wildman–Crippen LogP) is 7.82. The third-order valence-electron chi connectivity index (χ3n) is 7.66. The van der Waals surface area contributed by atoms with Crippen LogP contribution >= 0.6 is 0 Å². The number of hydrogen-bond donors (Lipinski definition) is 0. The molecule has 0 saturated carbocycles. The summed E-state index contributed by atoms with van der Waals surface area (Å²) in [5.41, 5.74) is 5.14. The highest BCUT2D eigenvalue weighted by Gasteiger charge is 2.27. The van der Waals surface area contributed by atoms with E-state index in [1.807, 2.05) is 38.1 Å². The first kappa shape index (κ1) is 26.3. The molecule has 5 rings (SSSR count). The van der Waals surface area contributed by atoms with Gasteiger partial charge in [-0.25, -0.2) is 8.78 Å². The lowest BCUT2D eigenvalue weighted by molar-refractivity contribution is 0.204. The summed E-state index contributed by atoms with van der Waals surface area (Å²) in [5, 5.41) is 0. The van der Waals surface area contributed by atoms with E-state index in [-0.39, 0.29) is 17.6 Å². The van der Waals surface area contributed by atoms with Crippen LogP contribution in [-0.4, -0.2) is 37.1 Å². The SMILES string of the molecule is CC.Fc1ccc(C(CCCN2CCC(N3CCCc4ccccc43)CC2)c2ccc(F)cc2)cc1. The predicted molar refractivity (Wildman–Crippen MR) is 147 cm³/mol. The topological polar surface area (TPSA) is 6.48 Å². The van der Waals surface area contributed by atoms with Gasteiger partial charge in [-0.2, -0.15) is 0 Å². The molecule has 2 nitrogen and oxygen atoms in total. The number of aryl methyl sites for hydroxylation is 1. The number of halogens is 2. The van der Waals surface area contributed by atoms with Gasteiger partial charge in [0.1, 0.15) is 11.6 Å². The fourth-order valence-corrected chi connectivity index (χ4v) is 5.83. The van der Waals surface area contributed by atoms with Gasteiger partial charge in [-0.1, -0.05) is 56.3 Å². The van der Waals surface area contributed by atoms with E-state index in [2.05, 4.69) is 34.1 Å². The Kier molecular flexibility index (Phi) is 9.52. The van der Waals surface area contributed by atoms with Crippen molar-refractivity contribution in [3.63, 3.8) is 0 Å². The minimum absolute atomic E-state index is 0.156. The minimum Gasteiger partial charge on any atom is -0.368 e. The van der Waals surface area contributed by atoms with E-state index in [4.69, 9.17) is 0 Å². The molecule has 0 atom stereocenters. The first-order valence-electron chi connectivity index (χ1n) is 13.8. The molecule has 0 aliphatic carbocycles. The van der Waals surface area contributed by atoms with E-state index in [9.17, 15) is 8.78 Å². The molecule has 2 aliphatic rings. The Morgan fingerprint density at radius 2 is 1.36 bits per heavy atom. The molecule has 2 heterocycles. The molecule has 4 heteroatoms. The zero-order valence-corrected chi connectivity index (χ0v) is 21.8. The van der Waals surface area contributed by atoms with Crippen LogP contribution in [0.5, 0.6) is 0 Å². The molecule has 0 aromatic heterocycles. The molecule has 3 aromatic carbocycles. The summed E-state index contributed by atoms with van der Waals surface area (Å²) in [4.78, 5) is 5.26. The molecule has 0 bridgehead atoms. The smallest absolute Gasteiger partial charge is 0.123 e. The van der Waals surface area contributed by atoms with Gasteiger partial charge in [0.15, 0.2) is 0 Å². The number of nitrogens with zero attached hydrogens (tertiary/aromatic N) is 2. The highest BCUT2D eigenvalue weighted by molar-refractivity contribution is 5.56. The molecule has 0 spiro atoms. The van der Waals surface area contributed by atoms with Gasteiger partial charge in [-0.3, -0.25) is 0 Å². The molecule has 1 saturated heterocycles. The van der Waals surface area contributed by atoms with Crippen LogP contribution in [0.1, 0.15) is 68.6 Å². The number of hydrogen-bond acceptors (Lipinski definition) is 2. The Morgan fingerprint density at radius 3 is 1.97 bits per heavy atom. The zero-order chi connectivity index (χ0) is 25.3. The van der Waals surface area contributed by atoms with E-state index in [0.29, 0.717) is 6.04 Å². The number of para-hydroxylation sites is 1. The van der Waals surface area contributed by atoms with Gasteiger partial charge >= 0.3 is 0 Å². The molecule has 0 amide bonds. The van der Waals surface area contributed by atoms with Crippen molar-refractivity contribution >= 4 is 5.69 Å². The lowest BCUT2D eigenvalue weighted by atomic mass is 9.87. The van der Waals surface area contributed by atoms with Crippen LogP contribution < -0.4 is 4.90 Å². The third kappa shape index (κ3) is 6.53. The van der Waals surface area contributed by atoms with E-state index in [0.717, 1.165) is 43.6 Å². The Labute approximate surface area is 215 Å². The number of benzene rings is 3. The standard InChI is InChI=1S/C30H34F2N2.C2H6/c31-26-13-9-23(10-14-26)29(24-11-15-27(32)16-12-24)7-4-19-33-21-17-28(18-22-33)34-20-3-6-25-5-1-2-8-30(25)34;1-2/h1-2,5,8-16,28-29H,3-4,6-7,17-22H2;1-2H3. The fourth-order valence-electron chi connectivity index (χ4n) is 5.83. The summed E-state index contributed by atoms with van der Waals surface area (Å²) in [6.45, 7) is 8.53. The van der Waals surface area contributed by atoms with Crippen LogP contribution in [0.25, 0.3) is 0 Å². The monoisotopic (exact) mass is 490 g/mol. The normalized spacial score (nSPS) is 16.4. The summed E-state index contributed by atoms with van der Waals surface area (Å²) >= 11 is 0. The Bertz CT molecular complexity index is 1010. The molecule has 0 unspecified atom stereocenters. The first-order chi connectivity index (χ1) is 17.7. The Hall–Kier alpha value is -2.72. The van der Waals surface area contributed by atoms with Crippen molar-refractivity contribution < 1.29 is 8.78 Å². The Morgan fingerprint density at radius 1 is 0.778 bits per heavy atom. The summed E-state index contributed by atoms with van der Waals surface area (Å²) in [6.07, 6.45) is 6.93. The largest absolute Gasteiger partial charge is 0.368 e. The summed E-state index contributed by atoms with van der Waals surface area (Å²) in [7, 11) is 0. The van der Waals surface area contributed by atoms with Crippen molar-refractivity contribution in [1.29, 1.82) is 0 Å². The summed E-state index contributed by atoms with van der Waals surface area (Å²) in [6, 6.07) is 23.1. The van der Waals surface area contributed by atoms with Crippen molar-refractivity contribution in [2.45, 2.75) is 64.3 Å². The first-order valence-corrected chi connectivity index (χ1v) is 13.8.